The number of aromatic nitrogens is 2. The smallest absolute Gasteiger partial charge is 0.257 e. The van der Waals surface area contributed by atoms with Crippen molar-refractivity contribution in [1.29, 1.82) is 0 Å². The fourth-order valence-electron chi connectivity index (χ4n) is 3.53. The molecule has 1 saturated carbocycles. The first-order valence-electron chi connectivity index (χ1n) is 10.1. The topological polar surface area (TPSA) is 79.5 Å². The van der Waals surface area contributed by atoms with E-state index in [9.17, 15) is 9.59 Å². The van der Waals surface area contributed by atoms with Crippen LogP contribution in [0.1, 0.15) is 48.3 Å². The van der Waals surface area contributed by atoms with Crippen LogP contribution in [0.3, 0.4) is 0 Å². The molecule has 2 heterocycles. The molecule has 7 heteroatoms. The molecule has 0 unspecified atom stereocenters. The maximum absolute atomic E-state index is 12.6. The number of rotatable bonds is 6. The molecule has 7 nitrogen and oxygen atoms in total. The standard InChI is InChI=1S/C21H26N4O3/c1-24(20(26)16-9-10-16)14-11-18-22-19(28-23-18)15-5-7-17(8-6-15)21(27)25-12-3-2-4-13-25/h5-8,16H,2-4,9-14H2,1H3. The minimum absolute atomic E-state index is 0.0841. The second-order valence-corrected chi connectivity index (χ2v) is 7.73. The minimum Gasteiger partial charge on any atom is -0.345 e. The lowest BCUT2D eigenvalue weighted by molar-refractivity contribution is -0.131. The monoisotopic (exact) mass is 382 g/mol. The van der Waals surface area contributed by atoms with Gasteiger partial charge in [0.25, 0.3) is 11.8 Å². The van der Waals surface area contributed by atoms with Crippen LogP contribution in [0.4, 0.5) is 0 Å². The van der Waals surface area contributed by atoms with Crippen LogP contribution in [-0.2, 0) is 11.2 Å². The summed E-state index contributed by atoms with van der Waals surface area (Å²) < 4.78 is 5.36. The maximum Gasteiger partial charge on any atom is 0.257 e. The van der Waals surface area contributed by atoms with Crippen molar-refractivity contribution in [3.63, 3.8) is 0 Å². The van der Waals surface area contributed by atoms with Gasteiger partial charge in [0, 0.05) is 50.1 Å². The molecule has 4 rings (SSSR count). The van der Waals surface area contributed by atoms with E-state index in [0.29, 0.717) is 30.2 Å². The van der Waals surface area contributed by atoms with Crippen molar-refractivity contribution in [2.24, 2.45) is 5.92 Å². The minimum atomic E-state index is 0.0841. The summed E-state index contributed by atoms with van der Waals surface area (Å²) in [7, 11) is 1.82. The van der Waals surface area contributed by atoms with Gasteiger partial charge in [0.1, 0.15) is 0 Å². The number of nitrogens with zero attached hydrogens (tertiary/aromatic N) is 4. The van der Waals surface area contributed by atoms with Crippen molar-refractivity contribution in [1.82, 2.24) is 19.9 Å². The highest BCUT2D eigenvalue weighted by Crippen LogP contribution is 2.30. The van der Waals surface area contributed by atoms with Crippen molar-refractivity contribution in [3.8, 4) is 11.5 Å². The van der Waals surface area contributed by atoms with Crippen LogP contribution in [0.5, 0.6) is 0 Å². The Balaban J connectivity index is 1.35. The van der Waals surface area contributed by atoms with Crippen LogP contribution in [0.15, 0.2) is 28.8 Å². The van der Waals surface area contributed by atoms with Gasteiger partial charge in [0.2, 0.25) is 5.91 Å². The molecule has 1 aliphatic carbocycles. The van der Waals surface area contributed by atoms with E-state index in [4.69, 9.17) is 4.52 Å². The van der Waals surface area contributed by atoms with Crippen LogP contribution < -0.4 is 0 Å². The Morgan fingerprint density at radius 3 is 2.54 bits per heavy atom. The number of carbonyl (C=O) groups is 2. The number of piperidine rings is 1. The third-order valence-corrected chi connectivity index (χ3v) is 5.46. The van der Waals surface area contributed by atoms with Crippen LogP contribution in [0.25, 0.3) is 11.5 Å². The summed E-state index contributed by atoms with van der Waals surface area (Å²) >= 11 is 0. The van der Waals surface area contributed by atoms with Gasteiger partial charge in [-0.05, 0) is 56.4 Å². The lowest BCUT2D eigenvalue weighted by atomic mass is 10.1. The van der Waals surface area contributed by atoms with E-state index in [1.165, 1.54) is 6.42 Å². The molecule has 0 N–H and O–H groups in total. The fraction of sp³-hybridized carbons (Fsp3) is 0.524. The second-order valence-electron chi connectivity index (χ2n) is 7.73. The fourth-order valence-corrected chi connectivity index (χ4v) is 3.53. The number of likely N-dealkylation sites (N-methyl/N-ethyl adjacent to an activating group) is 1. The van der Waals surface area contributed by atoms with E-state index in [-0.39, 0.29) is 17.7 Å². The van der Waals surface area contributed by atoms with Gasteiger partial charge in [-0.2, -0.15) is 4.98 Å². The van der Waals surface area contributed by atoms with Gasteiger partial charge >= 0.3 is 0 Å². The molecule has 2 aromatic rings. The van der Waals surface area contributed by atoms with Crippen molar-refractivity contribution >= 4 is 11.8 Å². The van der Waals surface area contributed by atoms with E-state index in [2.05, 4.69) is 10.1 Å². The second kappa shape index (κ2) is 8.12. The third-order valence-electron chi connectivity index (χ3n) is 5.46. The average Bonchev–Trinajstić information content (AvgIpc) is 3.49. The number of carbonyl (C=O) groups excluding carboxylic acids is 2. The Bertz CT molecular complexity index is 836. The zero-order valence-corrected chi connectivity index (χ0v) is 16.3. The molecule has 0 radical (unpaired) electrons. The lowest BCUT2D eigenvalue weighted by Crippen LogP contribution is -2.35. The molecule has 2 amide bonds. The Hall–Kier alpha value is -2.70. The Morgan fingerprint density at radius 2 is 1.86 bits per heavy atom. The van der Waals surface area contributed by atoms with E-state index >= 15 is 0 Å². The van der Waals surface area contributed by atoms with E-state index < -0.39 is 0 Å². The van der Waals surface area contributed by atoms with Crippen molar-refractivity contribution in [2.45, 2.75) is 38.5 Å². The molecule has 2 fully saturated rings. The average molecular weight is 382 g/mol. The molecule has 1 saturated heterocycles. The van der Waals surface area contributed by atoms with Crippen LogP contribution in [0, 0.1) is 5.92 Å². The third kappa shape index (κ3) is 4.24. The summed E-state index contributed by atoms with van der Waals surface area (Å²) in [5.41, 5.74) is 1.47. The number of likely N-dealkylation sites (tertiary alicyclic amines) is 1. The molecule has 28 heavy (non-hydrogen) atoms. The summed E-state index contributed by atoms with van der Waals surface area (Å²) in [6, 6.07) is 7.32. The zero-order chi connectivity index (χ0) is 19.5. The molecule has 0 spiro atoms. The molecule has 0 atom stereocenters. The van der Waals surface area contributed by atoms with Crippen molar-refractivity contribution < 1.29 is 14.1 Å². The lowest BCUT2D eigenvalue weighted by Gasteiger charge is -2.26. The predicted octanol–water partition coefficient (Wildman–Crippen LogP) is 2.77. The van der Waals surface area contributed by atoms with Gasteiger partial charge in [-0.1, -0.05) is 5.16 Å². The van der Waals surface area contributed by atoms with Gasteiger partial charge in [0.15, 0.2) is 5.82 Å². The first kappa shape index (κ1) is 18.7. The first-order chi connectivity index (χ1) is 13.6. The maximum atomic E-state index is 12.6. The summed E-state index contributed by atoms with van der Waals surface area (Å²) in [4.78, 5) is 32.6. The van der Waals surface area contributed by atoms with Gasteiger partial charge in [-0.3, -0.25) is 9.59 Å². The molecule has 148 valence electrons. The highest BCUT2D eigenvalue weighted by atomic mass is 16.5. The van der Waals surface area contributed by atoms with Gasteiger partial charge < -0.3 is 14.3 Å². The summed E-state index contributed by atoms with van der Waals surface area (Å²) in [5, 5.41) is 4.02. The predicted molar refractivity (Wildman–Crippen MR) is 104 cm³/mol. The Kier molecular flexibility index (Phi) is 5.41. The molecule has 1 aromatic heterocycles. The largest absolute Gasteiger partial charge is 0.345 e. The normalized spacial score (nSPS) is 16.8. The van der Waals surface area contributed by atoms with Crippen LogP contribution in [0.2, 0.25) is 0 Å². The summed E-state index contributed by atoms with van der Waals surface area (Å²) in [6.45, 7) is 2.26. The molecule has 1 aliphatic heterocycles. The van der Waals surface area contributed by atoms with Gasteiger partial charge in [0.05, 0.1) is 0 Å². The molecule has 0 bridgehead atoms. The molecule has 1 aromatic carbocycles. The number of amides is 2. The summed E-state index contributed by atoms with van der Waals surface area (Å²) in [5.74, 6) is 1.53. The molecular formula is C21H26N4O3. The molecule has 2 aliphatic rings. The van der Waals surface area contributed by atoms with E-state index in [1.54, 1.807) is 4.90 Å². The van der Waals surface area contributed by atoms with E-state index in [0.717, 1.165) is 44.3 Å². The van der Waals surface area contributed by atoms with Crippen LogP contribution >= 0.6 is 0 Å². The van der Waals surface area contributed by atoms with Crippen LogP contribution in [-0.4, -0.2) is 58.4 Å². The van der Waals surface area contributed by atoms with Crippen molar-refractivity contribution in [3.05, 3.63) is 35.7 Å². The van der Waals surface area contributed by atoms with Gasteiger partial charge in [-0.15, -0.1) is 0 Å². The highest BCUT2D eigenvalue weighted by Gasteiger charge is 2.31. The van der Waals surface area contributed by atoms with Gasteiger partial charge in [-0.25, -0.2) is 0 Å². The van der Waals surface area contributed by atoms with Crippen molar-refractivity contribution in [2.75, 3.05) is 26.7 Å². The van der Waals surface area contributed by atoms with E-state index in [1.807, 2.05) is 36.2 Å². The number of benzene rings is 1. The highest BCUT2D eigenvalue weighted by molar-refractivity contribution is 5.94. The first-order valence-corrected chi connectivity index (χ1v) is 10.1. The Morgan fingerprint density at radius 1 is 1.14 bits per heavy atom. The zero-order valence-electron chi connectivity index (χ0n) is 16.3. The Labute approximate surface area is 164 Å². The summed E-state index contributed by atoms with van der Waals surface area (Å²) in [6.07, 6.45) is 5.93. The SMILES string of the molecule is CN(CCc1noc(-c2ccc(C(=O)N3CCCCC3)cc2)n1)C(=O)C1CC1. The number of hydrogen-bond donors (Lipinski definition) is 0. The molecular weight excluding hydrogens is 356 g/mol. The number of hydrogen-bond acceptors (Lipinski definition) is 5. The quantitative estimate of drug-likeness (QED) is 0.767.